The van der Waals surface area contributed by atoms with Gasteiger partial charge in [-0.2, -0.15) is 0 Å². The molecular formula is C46H48N2O5. The van der Waals surface area contributed by atoms with Crippen LogP contribution in [-0.4, -0.2) is 51.0 Å². The van der Waals surface area contributed by atoms with E-state index in [2.05, 4.69) is 53.1 Å². The largest absolute Gasteiger partial charge is 0.495 e. The Balaban J connectivity index is 0.998. The molecule has 5 aromatic rings. The highest BCUT2D eigenvalue weighted by Gasteiger charge is 2.44. The zero-order chi connectivity index (χ0) is 36.5. The van der Waals surface area contributed by atoms with E-state index in [0.29, 0.717) is 24.3 Å². The number of esters is 1. The zero-order valence-electron chi connectivity index (χ0n) is 31.0. The number of unbranched alkanes of at least 4 members (excludes halogenated alkanes) is 3. The molecule has 272 valence electrons. The Morgan fingerprint density at radius 1 is 0.868 bits per heavy atom. The summed E-state index contributed by atoms with van der Waals surface area (Å²) in [6, 6.07) is 28.2. The van der Waals surface area contributed by atoms with Crippen LogP contribution >= 0.6 is 0 Å². The summed E-state index contributed by atoms with van der Waals surface area (Å²) in [5.74, 6) is 1.80. The van der Waals surface area contributed by atoms with Gasteiger partial charge in [0.15, 0.2) is 0 Å². The van der Waals surface area contributed by atoms with Gasteiger partial charge in [-0.15, -0.1) is 0 Å². The first-order chi connectivity index (χ1) is 25.9. The summed E-state index contributed by atoms with van der Waals surface area (Å²) in [4.78, 5) is 17.6. The molecule has 0 spiro atoms. The summed E-state index contributed by atoms with van der Waals surface area (Å²) < 4.78 is 18.1. The molecule has 0 aromatic heterocycles. The van der Waals surface area contributed by atoms with Crippen LogP contribution in [-0.2, 0) is 12.0 Å². The van der Waals surface area contributed by atoms with E-state index < -0.39 is 5.60 Å². The van der Waals surface area contributed by atoms with Crippen LogP contribution in [0.3, 0.4) is 0 Å². The molecule has 5 aromatic carbocycles. The summed E-state index contributed by atoms with van der Waals surface area (Å²) in [6.07, 6.45) is 10.6. The number of aryl methyl sites for hydroxylation is 1. The number of hydrogen-bond acceptors (Lipinski definition) is 7. The molecule has 8 rings (SSSR count). The van der Waals surface area contributed by atoms with Gasteiger partial charge in [-0.05, 0) is 102 Å². The molecule has 7 heteroatoms. The number of nitrogens with zero attached hydrogens (tertiary/aromatic N) is 2. The van der Waals surface area contributed by atoms with Crippen LogP contribution in [0.2, 0.25) is 0 Å². The maximum atomic E-state index is 12.9. The molecule has 53 heavy (non-hydrogen) atoms. The monoisotopic (exact) mass is 708 g/mol. The van der Waals surface area contributed by atoms with Crippen molar-refractivity contribution in [2.24, 2.45) is 0 Å². The van der Waals surface area contributed by atoms with Crippen molar-refractivity contribution in [1.82, 2.24) is 0 Å². The second-order valence-electron chi connectivity index (χ2n) is 14.4. The molecule has 1 saturated heterocycles. The normalized spacial score (nSPS) is 17.3. The highest BCUT2D eigenvalue weighted by Crippen LogP contribution is 2.57. The number of carbonyl (C=O) groups excluding carboxylic acids is 1. The minimum atomic E-state index is -1.10. The third-order valence-corrected chi connectivity index (χ3v) is 11.3. The van der Waals surface area contributed by atoms with E-state index >= 15 is 0 Å². The number of piperazine rings is 1. The number of aliphatic hydroxyl groups is 1. The third-order valence-electron chi connectivity index (χ3n) is 11.3. The number of methoxy groups -OCH3 is 1. The van der Waals surface area contributed by atoms with Crippen molar-refractivity contribution in [3.63, 3.8) is 0 Å². The van der Waals surface area contributed by atoms with E-state index in [4.69, 9.17) is 14.2 Å². The molecular weight excluding hydrogens is 661 g/mol. The lowest BCUT2D eigenvalue weighted by Gasteiger charge is -2.38. The van der Waals surface area contributed by atoms with Gasteiger partial charge in [0.2, 0.25) is 0 Å². The van der Waals surface area contributed by atoms with E-state index in [1.807, 2.05) is 67.6 Å². The van der Waals surface area contributed by atoms with E-state index in [0.717, 1.165) is 94.1 Å². The zero-order valence-corrected chi connectivity index (χ0v) is 31.0. The molecule has 1 fully saturated rings. The van der Waals surface area contributed by atoms with Gasteiger partial charge in [0.25, 0.3) is 0 Å². The lowest BCUT2D eigenvalue weighted by Crippen LogP contribution is -2.46. The van der Waals surface area contributed by atoms with E-state index in [-0.39, 0.29) is 5.97 Å². The van der Waals surface area contributed by atoms with Crippen LogP contribution in [0.1, 0.15) is 78.6 Å². The van der Waals surface area contributed by atoms with Gasteiger partial charge in [0.05, 0.1) is 18.4 Å². The highest BCUT2D eigenvalue weighted by molar-refractivity contribution is 6.10. The number of carbonyl (C=O) groups is 1. The Morgan fingerprint density at radius 2 is 1.62 bits per heavy atom. The first kappa shape index (κ1) is 34.8. The molecule has 0 amide bonds. The van der Waals surface area contributed by atoms with Crippen molar-refractivity contribution < 1.29 is 24.1 Å². The number of benzene rings is 5. The van der Waals surface area contributed by atoms with Crippen molar-refractivity contribution in [1.29, 1.82) is 0 Å². The fourth-order valence-electron chi connectivity index (χ4n) is 8.45. The van der Waals surface area contributed by atoms with Crippen LogP contribution in [0.5, 0.6) is 17.2 Å². The number of fused-ring (bicyclic) bond motifs is 8. The number of rotatable bonds is 11. The first-order valence-electron chi connectivity index (χ1n) is 19.2. The molecule has 1 aliphatic carbocycles. The van der Waals surface area contributed by atoms with Crippen molar-refractivity contribution in [3.05, 3.63) is 119 Å². The van der Waals surface area contributed by atoms with Gasteiger partial charge >= 0.3 is 5.97 Å². The second-order valence-corrected chi connectivity index (χ2v) is 14.4. The summed E-state index contributed by atoms with van der Waals surface area (Å²) in [5.41, 5.74) is 7.81. The molecule has 0 saturated carbocycles. The van der Waals surface area contributed by atoms with Crippen LogP contribution < -0.4 is 24.0 Å². The molecule has 0 bridgehead atoms. The van der Waals surface area contributed by atoms with Gasteiger partial charge in [-0.1, -0.05) is 75.6 Å². The molecule has 2 heterocycles. The summed E-state index contributed by atoms with van der Waals surface area (Å²) in [5, 5.41) is 14.3. The maximum absolute atomic E-state index is 12.9. The van der Waals surface area contributed by atoms with Gasteiger partial charge < -0.3 is 29.1 Å². The minimum absolute atomic E-state index is 0.342. The Labute approximate surface area is 312 Å². The van der Waals surface area contributed by atoms with Crippen molar-refractivity contribution in [2.45, 2.75) is 58.0 Å². The highest BCUT2D eigenvalue weighted by atomic mass is 16.5. The average Bonchev–Trinajstić information content (AvgIpc) is 3.48. The quantitative estimate of drug-likeness (QED) is 0.0833. The summed E-state index contributed by atoms with van der Waals surface area (Å²) >= 11 is 0. The molecule has 2 aliphatic heterocycles. The van der Waals surface area contributed by atoms with Crippen molar-refractivity contribution >= 4 is 34.2 Å². The van der Waals surface area contributed by atoms with Crippen LogP contribution in [0.25, 0.3) is 28.0 Å². The van der Waals surface area contributed by atoms with Gasteiger partial charge in [-0.3, -0.25) is 0 Å². The predicted octanol–water partition coefficient (Wildman–Crippen LogP) is 9.55. The van der Waals surface area contributed by atoms with Crippen LogP contribution in [0.15, 0.2) is 91.0 Å². The van der Waals surface area contributed by atoms with Crippen LogP contribution in [0.4, 0.5) is 11.4 Å². The minimum Gasteiger partial charge on any atom is -0.495 e. The fraction of sp³-hybridized carbons (Fsp3) is 0.326. The van der Waals surface area contributed by atoms with Crippen LogP contribution in [0, 0.1) is 0 Å². The Morgan fingerprint density at radius 3 is 2.36 bits per heavy atom. The van der Waals surface area contributed by atoms with Crippen molar-refractivity contribution in [2.75, 3.05) is 49.7 Å². The Kier molecular flexibility index (Phi) is 9.60. The predicted molar refractivity (Wildman–Crippen MR) is 214 cm³/mol. The Bertz CT molecular complexity index is 2170. The first-order valence-corrected chi connectivity index (χ1v) is 19.2. The van der Waals surface area contributed by atoms with Crippen molar-refractivity contribution in [3.8, 4) is 28.4 Å². The number of anilines is 2. The average molecular weight is 709 g/mol. The van der Waals surface area contributed by atoms with E-state index in [1.54, 1.807) is 7.11 Å². The molecule has 1 unspecified atom stereocenters. The summed E-state index contributed by atoms with van der Waals surface area (Å²) in [7, 11) is 1.73. The molecule has 0 radical (unpaired) electrons. The smallest absolute Gasteiger partial charge is 0.343 e. The molecule has 7 nitrogen and oxygen atoms in total. The van der Waals surface area contributed by atoms with Gasteiger partial charge in [-0.25, -0.2) is 4.79 Å². The molecule has 3 aliphatic rings. The lowest BCUT2D eigenvalue weighted by molar-refractivity contribution is 0.0734. The number of ether oxygens (including phenoxy) is 3. The topological polar surface area (TPSA) is 71.5 Å². The second kappa shape index (κ2) is 14.6. The van der Waals surface area contributed by atoms with Gasteiger partial charge in [0, 0.05) is 48.4 Å². The standard InChI is InChI=1S/C46H48N2O5/c1-4-6-7-8-12-31-16-18-32(19-17-31)45(49)53-34-22-20-33(21-23-34)47-24-26-48(27-25-47)40-29-37-38(30-41(40)51-3)44-36(14-11-28-52-44)43-42(37)35-13-9-10-15-39(35)46(43,50)5-2/h9-11,13-23,29-30,50H,4-8,12,24-28H2,1-3H3. The Hall–Kier alpha value is -5.27. The lowest BCUT2D eigenvalue weighted by atomic mass is 9.83. The number of hydrogen-bond donors (Lipinski definition) is 1. The van der Waals surface area contributed by atoms with E-state index in [1.165, 1.54) is 31.2 Å². The SMILES string of the molecule is CCCCCCc1ccc(C(=O)Oc2ccc(N3CCN(c4cc5c6c(c7c(c5cc4OC)OCC=C7)C(O)(CC)c4ccccc4-6)CC3)cc2)cc1. The maximum Gasteiger partial charge on any atom is 0.343 e. The summed E-state index contributed by atoms with van der Waals surface area (Å²) in [6.45, 7) is 7.99. The van der Waals surface area contributed by atoms with E-state index in [9.17, 15) is 9.90 Å². The molecule has 1 atom stereocenters. The molecule has 1 N–H and O–H groups in total. The third kappa shape index (κ3) is 6.31. The fourth-order valence-corrected chi connectivity index (χ4v) is 8.45. The van der Waals surface area contributed by atoms with Gasteiger partial charge in [0.1, 0.15) is 29.5 Å².